The minimum Gasteiger partial charge on any atom is -0.394 e. The lowest BCUT2D eigenvalue weighted by Crippen LogP contribution is -3.02. The van der Waals surface area contributed by atoms with Crippen molar-refractivity contribution in [2.24, 2.45) is 0 Å². The van der Waals surface area contributed by atoms with Gasteiger partial charge in [-0.3, -0.25) is 0 Å². The van der Waals surface area contributed by atoms with Gasteiger partial charge in [-0.1, -0.05) is 0 Å². The number of nitrogens with two attached hydrogens (primary N) is 2. The molecule has 2 aliphatic carbocycles. The van der Waals surface area contributed by atoms with Crippen molar-refractivity contribution in [3.05, 3.63) is 23.3 Å². The molecular formula is C44H76N2O30+2. The molecule has 7 aliphatic rings. The number of hydrogen-bond acceptors (Lipinski definition) is 30. The highest BCUT2D eigenvalue weighted by molar-refractivity contribution is 5.21. The number of quaternary nitrogens is 2. The molecule has 0 spiro atoms. The minimum atomic E-state index is -2.05. The Labute approximate surface area is 432 Å². The van der Waals surface area contributed by atoms with E-state index in [-0.39, 0.29) is 11.1 Å². The molecule has 0 amide bonds. The molecule has 0 saturated carbocycles. The van der Waals surface area contributed by atoms with Gasteiger partial charge in [0.25, 0.3) is 0 Å². The summed E-state index contributed by atoms with van der Waals surface area (Å²) in [5, 5.41) is 227. The van der Waals surface area contributed by atoms with Gasteiger partial charge in [-0.05, 0) is 37.1 Å². The smallest absolute Gasteiger partial charge is 0.187 e. The van der Waals surface area contributed by atoms with Crippen molar-refractivity contribution in [1.82, 2.24) is 0 Å². The largest absolute Gasteiger partial charge is 0.394 e. The first-order chi connectivity index (χ1) is 35.9. The van der Waals surface area contributed by atoms with Gasteiger partial charge in [0.1, 0.15) is 171 Å². The van der Waals surface area contributed by atoms with Crippen molar-refractivity contribution in [3.63, 3.8) is 0 Å². The van der Waals surface area contributed by atoms with Gasteiger partial charge in [0, 0.05) is 0 Å². The van der Waals surface area contributed by atoms with Crippen LogP contribution in [0.1, 0.15) is 13.8 Å². The summed E-state index contributed by atoms with van der Waals surface area (Å²) in [4.78, 5) is 0. The molecule has 5 aliphatic heterocycles. The molecule has 0 aromatic heterocycles. The second-order valence-electron chi connectivity index (χ2n) is 20.3. The molecule has 7 rings (SSSR count). The van der Waals surface area contributed by atoms with Crippen LogP contribution in [0.2, 0.25) is 0 Å². The number of ether oxygens (including phenoxy) is 9. The Hall–Kier alpha value is -1.80. The molecule has 440 valence electrons. The van der Waals surface area contributed by atoms with Crippen LogP contribution in [0.4, 0.5) is 0 Å². The van der Waals surface area contributed by atoms with Gasteiger partial charge in [0.2, 0.25) is 0 Å². The molecule has 32 nitrogen and oxygen atoms in total. The van der Waals surface area contributed by atoms with Crippen LogP contribution in [0.15, 0.2) is 23.3 Å². The third-order valence-electron chi connectivity index (χ3n) is 15.4. The Kier molecular flexibility index (Phi) is 21.1. The Morgan fingerprint density at radius 3 is 1.16 bits per heavy atom. The molecule has 5 saturated heterocycles. The van der Waals surface area contributed by atoms with Crippen LogP contribution >= 0.6 is 0 Å². The van der Waals surface area contributed by atoms with E-state index in [0.29, 0.717) is 0 Å². The van der Waals surface area contributed by atoms with E-state index in [1.807, 2.05) is 0 Å². The van der Waals surface area contributed by atoms with Gasteiger partial charge >= 0.3 is 0 Å². The third kappa shape index (κ3) is 12.3. The molecule has 33 atom stereocenters. The molecule has 5 heterocycles. The van der Waals surface area contributed by atoms with E-state index < -0.39 is 235 Å². The molecule has 0 unspecified atom stereocenters. The van der Waals surface area contributed by atoms with Crippen molar-refractivity contribution in [1.29, 1.82) is 0 Å². The highest BCUT2D eigenvalue weighted by Gasteiger charge is 2.57. The summed E-state index contributed by atoms with van der Waals surface area (Å²) in [7, 11) is 0. The molecule has 0 aromatic rings. The van der Waals surface area contributed by atoms with Crippen molar-refractivity contribution in [2.45, 2.75) is 216 Å². The summed E-state index contributed by atoms with van der Waals surface area (Å²) in [5.74, 6) is 0. The standard InChI is InChI=1S/C44H74N2O30/c1-10-19(45-14-3-12(5-47)21(52)26(57)22(14)53)24(55)32(63)41(68-10)74-38-17(8-50)71-43(34(65)29(38)60)73-36-13(6-48)4-15(23(54)27(36)58)46-20-11(2)69-42(33(64)25(20)56)75-39-18(9-51)72-44(35(66)30(39)61)76-37-16(7-49)70-40(67)31(62)28(37)59/h3-4,10-11,14-67H,5-9H2,1-2H3/p+2/t10-,11-,14-,15-,16-,17-,18-,19-,20-,21-,22+,23+,24+,25+,26+,27-,28-,29-,30-,31-,32-,33-,34-,35-,36-,37-,38-,39-,40-,41-,42-,43-,44-/m1/s1. The monoisotopic (exact) mass is 1110 g/mol. The lowest BCUT2D eigenvalue weighted by atomic mass is 9.86. The molecule has 32 heteroatoms. The molecule has 5 fully saturated rings. The number of aliphatic hydroxyl groups excluding tert-OH is 21. The first-order valence-electron chi connectivity index (χ1n) is 24.9. The maximum atomic E-state index is 11.4. The van der Waals surface area contributed by atoms with E-state index in [1.165, 1.54) is 36.6 Å². The number of aliphatic hydroxyl groups is 21. The van der Waals surface area contributed by atoms with Gasteiger partial charge < -0.3 is 161 Å². The summed E-state index contributed by atoms with van der Waals surface area (Å²) in [6.45, 7) is -1.24. The maximum Gasteiger partial charge on any atom is 0.187 e. The molecule has 0 bridgehead atoms. The summed E-state index contributed by atoms with van der Waals surface area (Å²) < 4.78 is 51.0. The van der Waals surface area contributed by atoms with Gasteiger partial charge in [-0.15, -0.1) is 0 Å². The van der Waals surface area contributed by atoms with Crippen LogP contribution in [-0.2, 0) is 42.6 Å². The molecule has 76 heavy (non-hydrogen) atoms. The van der Waals surface area contributed by atoms with E-state index in [1.54, 1.807) is 0 Å². The molecular weight excluding hydrogens is 1040 g/mol. The van der Waals surface area contributed by atoms with Crippen molar-refractivity contribution in [3.8, 4) is 0 Å². The van der Waals surface area contributed by atoms with E-state index >= 15 is 0 Å². The van der Waals surface area contributed by atoms with Gasteiger partial charge in [-0.25, -0.2) is 0 Å². The second kappa shape index (κ2) is 26.0. The van der Waals surface area contributed by atoms with Crippen LogP contribution in [0.5, 0.6) is 0 Å². The Morgan fingerprint density at radius 1 is 0.382 bits per heavy atom. The van der Waals surface area contributed by atoms with Crippen LogP contribution < -0.4 is 10.6 Å². The fourth-order valence-corrected chi connectivity index (χ4v) is 10.8. The third-order valence-corrected chi connectivity index (χ3v) is 15.4. The Bertz CT molecular complexity index is 1910. The normalized spacial score (nSPS) is 52.5. The highest BCUT2D eigenvalue weighted by Crippen LogP contribution is 2.35. The quantitative estimate of drug-likeness (QED) is 0.0601. The zero-order valence-electron chi connectivity index (χ0n) is 41.0. The van der Waals surface area contributed by atoms with Crippen LogP contribution in [0.3, 0.4) is 0 Å². The Morgan fingerprint density at radius 2 is 0.737 bits per heavy atom. The topological polar surface area (TPSA) is 541 Å². The maximum absolute atomic E-state index is 11.4. The lowest BCUT2D eigenvalue weighted by molar-refractivity contribution is -0.739. The second-order valence-corrected chi connectivity index (χ2v) is 20.3. The summed E-state index contributed by atoms with van der Waals surface area (Å²) in [6.07, 6.45) is -47.5. The summed E-state index contributed by atoms with van der Waals surface area (Å²) in [6, 6.07) is -4.46. The molecule has 0 aromatic carbocycles. The van der Waals surface area contributed by atoms with E-state index in [9.17, 15) is 107 Å². The fourth-order valence-electron chi connectivity index (χ4n) is 10.8. The van der Waals surface area contributed by atoms with Crippen molar-refractivity contribution < 1.29 is 161 Å². The first kappa shape index (κ1) is 61.8. The fraction of sp³-hybridized carbons (Fsp3) is 0.909. The zero-order valence-corrected chi connectivity index (χ0v) is 41.0. The van der Waals surface area contributed by atoms with Gasteiger partial charge in [0.15, 0.2) is 31.5 Å². The molecule has 0 radical (unpaired) electrons. The number of hydrogen-bond donors (Lipinski definition) is 23. The SMILES string of the molecule is C[C@H]1O[C@H](O[C@H]2[C@H](O)[C@@H](O)[C@@H](O[C@H]3[C@H](O)[C@@H](O)[C@H](O)O[C@@H]3CO)O[C@@H]2CO)[C@H](O)[C@@H](O)[C@@H]1[NH2+][C@@H]1C=C(CO)[C@@H](O[C@H]2O[C@H](CO)[C@@H](O[C@H]3O[C@H](C)[C@@H]([NH2+][C@@H]4C=C(CO)[C@@H](O)[C@H](O)[C@H]4O)[C@H](O)[C@H]3O)[C@H](O)[C@H]2O)[C@H](O)[C@H]1O. The van der Waals surface area contributed by atoms with Crippen molar-refractivity contribution in [2.75, 3.05) is 33.0 Å². The summed E-state index contributed by atoms with van der Waals surface area (Å²) >= 11 is 0. The lowest BCUT2D eigenvalue weighted by Gasteiger charge is -2.48. The van der Waals surface area contributed by atoms with Crippen molar-refractivity contribution >= 4 is 0 Å². The average molecular weight is 1110 g/mol. The van der Waals surface area contributed by atoms with Crippen LogP contribution in [0, 0.1) is 0 Å². The van der Waals surface area contributed by atoms with E-state index in [4.69, 9.17) is 42.6 Å². The summed E-state index contributed by atoms with van der Waals surface area (Å²) in [5.41, 5.74) is -0.0987. The minimum absolute atomic E-state index is 0.0126. The van der Waals surface area contributed by atoms with Gasteiger partial charge in [0.05, 0.1) is 33.0 Å². The zero-order chi connectivity index (χ0) is 55.9. The average Bonchev–Trinajstić information content (AvgIpc) is 3.41. The predicted octanol–water partition coefficient (Wildman–Crippen LogP) is -16.0. The van der Waals surface area contributed by atoms with E-state index in [2.05, 4.69) is 0 Å². The number of rotatable bonds is 17. The van der Waals surface area contributed by atoms with E-state index in [0.717, 1.165) is 0 Å². The molecule has 25 N–H and O–H groups in total. The first-order valence-corrected chi connectivity index (χ1v) is 24.9. The predicted molar refractivity (Wildman–Crippen MR) is 237 cm³/mol. The van der Waals surface area contributed by atoms with Crippen LogP contribution in [0.25, 0.3) is 0 Å². The van der Waals surface area contributed by atoms with Gasteiger partial charge in [-0.2, -0.15) is 0 Å². The Balaban J connectivity index is 0.950. The van der Waals surface area contributed by atoms with Crippen LogP contribution in [-0.4, -0.2) is 342 Å². The highest BCUT2D eigenvalue weighted by atomic mass is 16.8.